The molecule has 1 fully saturated rings. The molecule has 0 aromatic heterocycles. The molecule has 1 amide bonds. The lowest BCUT2D eigenvalue weighted by Crippen LogP contribution is -2.41. The molecule has 1 aliphatic heterocycles. The van der Waals surface area contributed by atoms with E-state index in [1.165, 1.54) is 36.4 Å². The number of aliphatic hydroxyl groups is 1. The molecule has 2 aromatic rings. The van der Waals surface area contributed by atoms with Crippen LogP contribution in [0.1, 0.15) is 12.8 Å². The van der Waals surface area contributed by atoms with Crippen molar-refractivity contribution in [2.75, 3.05) is 32.1 Å². The maximum Gasteiger partial charge on any atom is 0.573 e. The van der Waals surface area contributed by atoms with Crippen LogP contribution in [0.4, 0.5) is 13.2 Å². The number of morpholine rings is 1. The van der Waals surface area contributed by atoms with Crippen molar-refractivity contribution < 1.29 is 45.7 Å². The van der Waals surface area contributed by atoms with Gasteiger partial charge in [0.25, 0.3) is 0 Å². The molecule has 1 saturated heterocycles. The van der Waals surface area contributed by atoms with E-state index in [4.69, 9.17) is 9.47 Å². The Labute approximate surface area is 194 Å². The Balaban J connectivity index is 1.52. The van der Waals surface area contributed by atoms with Crippen molar-refractivity contribution >= 4 is 15.7 Å². The lowest BCUT2D eigenvalue weighted by molar-refractivity contribution is -0.274. The smallest absolute Gasteiger partial charge is 0.457 e. The molecule has 1 heterocycles. The van der Waals surface area contributed by atoms with Crippen LogP contribution in [0, 0.1) is 0 Å². The number of amides is 1. The molecule has 0 spiro atoms. The van der Waals surface area contributed by atoms with E-state index in [0.29, 0.717) is 26.3 Å². The topological polar surface area (TPSA) is 102 Å². The average Bonchev–Trinajstić information content (AvgIpc) is 2.78. The van der Waals surface area contributed by atoms with E-state index >= 15 is 0 Å². The summed E-state index contributed by atoms with van der Waals surface area (Å²) in [5.74, 6) is -0.596. The Bertz CT molecular complexity index is 1050. The number of halogens is 3. The third-order valence-electron chi connectivity index (χ3n) is 4.94. The molecule has 12 heteroatoms. The Morgan fingerprint density at radius 2 is 1.53 bits per heavy atom. The van der Waals surface area contributed by atoms with E-state index in [2.05, 4.69) is 4.74 Å². The third kappa shape index (κ3) is 7.89. The largest absolute Gasteiger partial charge is 0.573 e. The highest BCUT2D eigenvalue weighted by Gasteiger charge is 2.31. The summed E-state index contributed by atoms with van der Waals surface area (Å²) < 4.78 is 76.3. The average molecular weight is 503 g/mol. The monoisotopic (exact) mass is 503 g/mol. The molecular formula is C22H24F3NO7S. The molecule has 1 N–H and O–H groups in total. The molecule has 3 rings (SSSR count). The number of alkyl halides is 3. The third-order valence-corrected chi connectivity index (χ3v) is 6.76. The van der Waals surface area contributed by atoms with Crippen molar-refractivity contribution in [1.29, 1.82) is 0 Å². The number of aliphatic hydroxyl groups excluding tert-OH is 1. The molecule has 1 aliphatic rings. The predicted octanol–water partition coefficient (Wildman–Crippen LogP) is 3.15. The molecule has 8 nitrogen and oxygen atoms in total. The summed E-state index contributed by atoms with van der Waals surface area (Å²) in [7, 11) is -3.82. The van der Waals surface area contributed by atoms with Crippen LogP contribution in [0.15, 0.2) is 53.4 Å². The van der Waals surface area contributed by atoms with Gasteiger partial charge in [0.15, 0.2) is 9.84 Å². The van der Waals surface area contributed by atoms with Crippen LogP contribution in [-0.4, -0.2) is 68.9 Å². The second-order valence-corrected chi connectivity index (χ2v) is 9.59. The summed E-state index contributed by atoms with van der Waals surface area (Å²) in [5, 5.41) is 10.2. The summed E-state index contributed by atoms with van der Waals surface area (Å²) in [5.41, 5.74) is 0. The van der Waals surface area contributed by atoms with Gasteiger partial charge in [-0.1, -0.05) is 0 Å². The fraction of sp³-hybridized carbons (Fsp3) is 0.409. The van der Waals surface area contributed by atoms with E-state index in [9.17, 15) is 31.5 Å². The maximum absolute atomic E-state index is 12.6. The first-order valence-corrected chi connectivity index (χ1v) is 12.1. The molecular weight excluding hydrogens is 479 g/mol. The van der Waals surface area contributed by atoms with E-state index < -0.39 is 33.8 Å². The fourth-order valence-electron chi connectivity index (χ4n) is 3.25. The van der Waals surface area contributed by atoms with Crippen molar-refractivity contribution in [1.82, 2.24) is 4.90 Å². The van der Waals surface area contributed by atoms with Crippen LogP contribution in [0.5, 0.6) is 17.2 Å². The number of carbonyl (C=O) groups is 1. The molecule has 2 aromatic carbocycles. The van der Waals surface area contributed by atoms with Crippen molar-refractivity contribution in [3.8, 4) is 17.2 Å². The highest BCUT2D eigenvalue weighted by atomic mass is 32.2. The molecule has 1 unspecified atom stereocenters. The van der Waals surface area contributed by atoms with Gasteiger partial charge in [-0.15, -0.1) is 13.2 Å². The molecule has 0 aliphatic carbocycles. The molecule has 186 valence electrons. The number of hydrogen-bond donors (Lipinski definition) is 1. The van der Waals surface area contributed by atoms with Gasteiger partial charge in [-0.3, -0.25) is 4.79 Å². The first-order chi connectivity index (χ1) is 16.0. The van der Waals surface area contributed by atoms with Gasteiger partial charge in [0.2, 0.25) is 5.91 Å². The molecule has 1 atom stereocenters. The van der Waals surface area contributed by atoms with Crippen molar-refractivity contribution in [2.45, 2.75) is 30.2 Å². The number of rotatable bonds is 9. The molecule has 0 radical (unpaired) electrons. The minimum absolute atomic E-state index is 0.0185. The Hall–Kier alpha value is -2.83. The first-order valence-electron chi connectivity index (χ1n) is 10.4. The van der Waals surface area contributed by atoms with Gasteiger partial charge in [0, 0.05) is 19.5 Å². The van der Waals surface area contributed by atoms with Gasteiger partial charge in [0.05, 0.1) is 30.0 Å². The normalized spacial score (nSPS) is 15.6. The van der Waals surface area contributed by atoms with E-state index in [1.54, 1.807) is 4.90 Å². The lowest BCUT2D eigenvalue weighted by Gasteiger charge is -2.27. The Kier molecular flexibility index (Phi) is 8.39. The van der Waals surface area contributed by atoms with Gasteiger partial charge in [-0.05, 0) is 55.0 Å². The number of sulfone groups is 1. The highest BCUT2D eigenvalue weighted by molar-refractivity contribution is 7.91. The van der Waals surface area contributed by atoms with Crippen molar-refractivity contribution in [2.24, 2.45) is 0 Å². The number of benzene rings is 2. The summed E-state index contributed by atoms with van der Waals surface area (Å²) in [6.07, 6.45) is -5.94. The summed E-state index contributed by atoms with van der Waals surface area (Å²) in [6.45, 7) is 1.88. The van der Waals surface area contributed by atoms with E-state index in [1.807, 2.05) is 0 Å². The zero-order valence-corrected chi connectivity index (χ0v) is 18.8. The Morgan fingerprint density at radius 1 is 1.00 bits per heavy atom. The SMILES string of the molecule is O=C(CCC(O)CS(=O)(=O)c1ccc(Oc2ccc(OC(F)(F)F)cc2)cc1)N1CCOCC1. The van der Waals surface area contributed by atoms with Crippen molar-refractivity contribution in [3.63, 3.8) is 0 Å². The van der Waals surface area contributed by atoms with Crippen LogP contribution in [0.3, 0.4) is 0 Å². The standard InChI is InChI=1S/C22H24F3NO7S/c23-22(24,25)33-19-4-2-17(3-5-19)32-18-6-8-20(9-7-18)34(29,30)15-16(27)1-10-21(28)26-11-13-31-14-12-26/h2-9,16,27H,1,10-15H2. The first kappa shape index (κ1) is 25.8. The second kappa shape index (κ2) is 11.1. The zero-order valence-electron chi connectivity index (χ0n) is 18.0. The van der Waals surface area contributed by atoms with Crippen LogP contribution < -0.4 is 9.47 Å². The van der Waals surface area contributed by atoms with Gasteiger partial charge in [-0.2, -0.15) is 0 Å². The second-order valence-electron chi connectivity index (χ2n) is 7.56. The van der Waals surface area contributed by atoms with Gasteiger partial charge in [0.1, 0.15) is 17.2 Å². The van der Waals surface area contributed by atoms with Crippen molar-refractivity contribution in [3.05, 3.63) is 48.5 Å². The number of ether oxygens (including phenoxy) is 3. The quantitative estimate of drug-likeness (QED) is 0.561. The van der Waals surface area contributed by atoms with E-state index in [-0.39, 0.29) is 35.1 Å². The maximum atomic E-state index is 12.6. The molecule has 34 heavy (non-hydrogen) atoms. The van der Waals surface area contributed by atoms with E-state index in [0.717, 1.165) is 12.1 Å². The predicted molar refractivity (Wildman–Crippen MR) is 114 cm³/mol. The zero-order chi connectivity index (χ0) is 24.8. The minimum Gasteiger partial charge on any atom is -0.457 e. The summed E-state index contributed by atoms with van der Waals surface area (Å²) in [4.78, 5) is 13.7. The van der Waals surface area contributed by atoms with Crippen LogP contribution >= 0.6 is 0 Å². The van der Waals surface area contributed by atoms with Gasteiger partial charge in [-0.25, -0.2) is 8.42 Å². The minimum atomic E-state index is -4.80. The number of nitrogens with zero attached hydrogens (tertiary/aromatic N) is 1. The highest BCUT2D eigenvalue weighted by Crippen LogP contribution is 2.28. The molecule has 0 bridgehead atoms. The lowest BCUT2D eigenvalue weighted by atomic mass is 10.2. The number of hydrogen-bond acceptors (Lipinski definition) is 7. The van der Waals surface area contributed by atoms with Crippen LogP contribution in [0.25, 0.3) is 0 Å². The van der Waals surface area contributed by atoms with Crippen LogP contribution in [-0.2, 0) is 19.4 Å². The van der Waals surface area contributed by atoms with Crippen LogP contribution in [0.2, 0.25) is 0 Å². The Morgan fingerprint density at radius 3 is 2.09 bits per heavy atom. The molecule has 0 saturated carbocycles. The van der Waals surface area contributed by atoms with Gasteiger partial charge >= 0.3 is 6.36 Å². The summed E-state index contributed by atoms with van der Waals surface area (Å²) in [6, 6.07) is 10.1. The fourth-order valence-corrected chi connectivity index (χ4v) is 4.67. The van der Waals surface area contributed by atoms with Gasteiger partial charge < -0.3 is 24.2 Å². The summed E-state index contributed by atoms with van der Waals surface area (Å²) >= 11 is 0. The number of carbonyl (C=O) groups excluding carboxylic acids is 1.